The van der Waals surface area contributed by atoms with Gasteiger partial charge in [-0.1, -0.05) is 13.3 Å². The predicted octanol–water partition coefficient (Wildman–Crippen LogP) is 2.68. The van der Waals surface area contributed by atoms with Gasteiger partial charge in [-0.15, -0.1) is 0 Å². The highest BCUT2D eigenvalue weighted by atomic mass is 16.6. The third kappa shape index (κ3) is 13.3. The Labute approximate surface area is 176 Å². The Kier molecular flexibility index (Phi) is 12.7. The van der Waals surface area contributed by atoms with E-state index in [0.717, 1.165) is 71.2 Å². The van der Waals surface area contributed by atoms with Crippen LogP contribution in [-0.2, 0) is 14.2 Å². The number of nitrogens with one attached hydrogen (secondary N) is 3. The molecule has 1 heterocycles. The molecule has 8 nitrogen and oxygen atoms in total. The highest BCUT2D eigenvalue weighted by Gasteiger charge is 2.19. The number of amides is 1. The molecule has 170 valence electrons. The smallest absolute Gasteiger partial charge is 0.407 e. The first-order valence-electron chi connectivity index (χ1n) is 11.0. The van der Waals surface area contributed by atoms with Gasteiger partial charge in [0.25, 0.3) is 0 Å². The molecule has 0 aromatic rings. The van der Waals surface area contributed by atoms with E-state index in [0.29, 0.717) is 12.5 Å². The van der Waals surface area contributed by atoms with Crippen LogP contribution >= 0.6 is 0 Å². The summed E-state index contributed by atoms with van der Waals surface area (Å²) in [6.45, 7) is 15.0. The molecule has 0 saturated carbocycles. The number of carbonyl (C=O) groups is 1. The second-order valence-electron chi connectivity index (χ2n) is 8.44. The van der Waals surface area contributed by atoms with Crippen LogP contribution in [0, 0.1) is 5.92 Å². The van der Waals surface area contributed by atoms with E-state index in [1.54, 1.807) is 0 Å². The van der Waals surface area contributed by atoms with Crippen LogP contribution in [-0.4, -0.2) is 69.8 Å². The van der Waals surface area contributed by atoms with Gasteiger partial charge >= 0.3 is 6.09 Å². The summed E-state index contributed by atoms with van der Waals surface area (Å²) >= 11 is 0. The quantitative estimate of drug-likeness (QED) is 0.258. The maximum absolute atomic E-state index is 12.0. The fourth-order valence-electron chi connectivity index (χ4n) is 2.92. The second kappa shape index (κ2) is 14.4. The number of guanidine groups is 1. The Hall–Kier alpha value is -1.54. The van der Waals surface area contributed by atoms with Crippen LogP contribution in [0.2, 0.25) is 0 Å². The number of hydrogen-bond donors (Lipinski definition) is 3. The Morgan fingerprint density at radius 3 is 2.69 bits per heavy atom. The summed E-state index contributed by atoms with van der Waals surface area (Å²) in [5.41, 5.74) is -0.506. The Bertz CT molecular complexity index is 474. The SMILES string of the molecule is CCCC(CN=C(NCC)NCCCOCC1CCOC1)NC(=O)OC(C)(C)C. The lowest BCUT2D eigenvalue weighted by atomic mass is 10.1. The van der Waals surface area contributed by atoms with Crippen LogP contribution in [0.5, 0.6) is 0 Å². The standard InChI is InChI=1S/C21H42N4O4/c1-6-9-18(25-20(26)29-21(3,4)5)14-24-19(22-7-2)23-11-8-12-27-15-17-10-13-28-16-17/h17-18H,6-16H2,1-5H3,(H,25,26)(H2,22,23,24). The summed E-state index contributed by atoms with van der Waals surface area (Å²) in [4.78, 5) is 16.7. The molecule has 1 saturated heterocycles. The van der Waals surface area contributed by atoms with Gasteiger partial charge in [-0.25, -0.2) is 4.79 Å². The monoisotopic (exact) mass is 414 g/mol. The van der Waals surface area contributed by atoms with Gasteiger partial charge in [0.15, 0.2) is 5.96 Å². The first-order chi connectivity index (χ1) is 13.8. The Balaban J connectivity index is 2.34. The lowest BCUT2D eigenvalue weighted by molar-refractivity contribution is 0.0503. The zero-order valence-corrected chi connectivity index (χ0v) is 19.0. The summed E-state index contributed by atoms with van der Waals surface area (Å²) < 4.78 is 16.4. The molecule has 1 rings (SSSR count). The van der Waals surface area contributed by atoms with E-state index in [2.05, 4.69) is 27.9 Å². The minimum absolute atomic E-state index is 0.0535. The zero-order valence-electron chi connectivity index (χ0n) is 19.0. The van der Waals surface area contributed by atoms with Gasteiger partial charge in [0, 0.05) is 32.2 Å². The van der Waals surface area contributed by atoms with Crippen LogP contribution in [0.15, 0.2) is 4.99 Å². The van der Waals surface area contributed by atoms with Crippen molar-refractivity contribution < 1.29 is 19.0 Å². The third-order valence-corrected chi connectivity index (χ3v) is 4.31. The van der Waals surface area contributed by atoms with Crippen molar-refractivity contribution in [3.63, 3.8) is 0 Å². The van der Waals surface area contributed by atoms with Gasteiger partial charge in [-0.2, -0.15) is 0 Å². The van der Waals surface area contributed by atoms with Crippen molar-refractivity contribution >= 4 is 12.1 Å². The van der Waals surface area contributed by atoms with Gasteiger partial charge in [-0.3, -0.25) is 4.99 Å². The number of rotatable bonds is 12. The van der Waals surface area contributed by atoms with Crippen molar-refractivity contribution in [1.82, 2.24) is 16.0 Å². The van der Waals surface area contributed by atoms with Crippen LogP contribution in [0.1, 0.15) is 60.3 Å². The molecule has 1 aliphatic rings. The van der Waals surface area contributed by atoms with Gasteiger partial charge < -0.3 is 30.2 Å². The van der Waals surface area contributed by atoms with Gasteiger partial charge in [0.1, 0.15) is 5.60 Å². The molecule has 0 bridgehead atoms. The summed E-state index contributed by atoms with van der Waals surface area (Å²) in [5, 5.41) is 9.50. The molecule has 1 amide bonds. The molecule has 8 heteroatoms. The maximum atomic E-state index is 12.0. The Morgan fingerprint density at radius 1 is 1.28 bits per heavy atom. The molecule has 0 aromatic carbocycles. The van der Waals surface area contributed by atoms with Crippen LogP contribution < -0.4 is 16.0 Å². The molecule has 3 N–H and O–H groups in total. The normalized spacial score (nSPS) is 18.4. The lowest BCUT2D eigenvalue weighted by Crippen LogP contribution is -2.42. The van der Waals surface area contributed by atoms with Gasteiger partial charge in [0.2, 0.25) is 0 Å². The number of ether oxygens (including phenoxy) is 3. The first kappa shape index (κ1) is 25.5. The van der Waals surface area contributed by atoms with E-state index < -0.39 is 11.7 Å². The molecule has 29 heavy (non-hydrogen) atoms. The van der Waals surface area contributed by atoms with Crippen molar-refractivity contribution in [2.24, 2.45) is 10.9 Å². The predicted molar refractivity (Wildman–Crippen MR) is 116 cm³/mol. The van der Waals surface area contributed by atoms with Crippen molar-refractivity contribution in [3.05, 3.63) is 0 Å². The van der Waals surface area contributed by atoms with Crippen LogP contribution in [0.25, 0.3) is 0 Å². The molecule has 1 fully saturated rings. The molecule has 0 aromatic heterocycles. The summed E-state index contributed by atoms with van der Waals surface area (Å²) in [5.74, 6) is 1.30. The molecular weight excluding hydrogens is 372 g/mol. The van der Waals surface area contributed by atoms with Gasteiger partial charge in [0.05, 0.1) is 25.8 Å². The van der Waals surface area contributed by atoms with E-state index in [1.807, 2.05) is 27.7 Å². The van der Waals surface area contributed by atoms with E-state index in [-0.39, 0.29) is 6.04 Å². The molecule has 1 aliphatic heterocycles. The van der Waals surface area contributed by atoms with E-state index in [4.69, 9.17) is 14.2 Å². The summed E-state index contributed by atoms with van der Waals surface area (Å²) in [7, 11) is 0. The third-order valence-electron chi connectivity index (χ3n) is 4.31. The van der Waals surface area contributed by atoms with Crippen molar-refractivity contribution in [3.8, 4) is 0 Å². The molecule has 2 unspecified atom stereocenters. The van der Waals surface area contributed by atoms with E-state index in [1.165, 1.54) is 0 Å². The zero-order chi connectivity index (χ0) is 21.5. The molecular formula is C21H42N4O4. The van der Waals surface area contributed by atoms with Gasteiger partial charge in [-0.05, 0) is 47.0 Å². The minimum atomic E-state index is -0.506. The van der Waals surface area contributed by atoms with Crippen molar-refractivity contribution in [2.45, 2.75) is 71.9 Å². The fourth-order valence-corrected chi connectivity index (χ4v) is 2.92. The lowest BCUT2D eigenvalue weighted by Gasteiger charge is -2.23. The highest BCUT2D eigenvalue weighted by molar-refractivity contribution is 5.79. The number of alkyl carbamates (subject to hydrolysis) is 1. The summed E-state index contributed by atoms with van der Waals surface area (Å²) in [6, 6.07) is -0.0535. The highest BCUT2D eigenvalue weighted by Crippen LogP contribution is 2.12. The molecule has 0 spiro atoms. The van der Waals surface area contributed by atoms with Crippen molar-refractivity contribution in [2.75, 3.05) is 46.1 Å². The van der Waals surface area contributed by atoms with E-state index >= 15 is 0 Å². The van der Waals surface area contributed by atoms with Crippen molar-refractivity contribution in [1.29, 1.82) is 0 Å². The molecule has 0 aliphatic carbocycles. The fraction of sp³-hybridized carbons (Fsp3) is 0.905. The second-order valence-corrected chi connectivity index (χ2v) is 8.44. The van der Waals surface area contributed by atoms with Crippen LogP contribution in [0.3, 0.4) is 0 Å². The largest absolute Gasteiger partial charge is 0.444 e. The average Bonchev–Trinajstić information content (AvgIpc) is 3.14. The topological polar surface area (TPSA) is 93.2 Å². The average molecular weight is 415 g/mol. The first-order valence-corrected chi connectivity index (χ1v) is 11.0. The molecule has 2 atom stereocenters. The maximum Gasteiger partial charge on any atom is 0.407 e. The van der Waals surface area contributed by atoms with Crippen LogP contribution in [0.4, 0.5) is 4.79 Å². The van der Waals surface area contributed by atoms with E-state index in [9.17, 15) is 4.79 Å². The molecule has 0 radical (unpaired) electrons. The summed E-state index contributed by atoms with van der Waals surface area (Å²) in [6.07, 6.45) is 3.43. The minimum Gasteiger partial charge on any atom is -0.444 e. The number of hydrogen-bond acceptors (Lipinski definition) is 5. The Morgan fingerprint density at radius 2 is 2.07 bits per heavy atom. The number of aliphatic imine (C=N–C) groups is 1. The number of carbonyl (C=O) groups excluding carboxylic acids is 1. The number of nitrogens with zero attached hydrogens (tertiary/aromatic N) is 1.